The summed E-state index contributed by atoms with van der Waals surface area (Å²) in [5.74, 6) is 0.285. The maximum Gasteiger partial charge on any atom is 0.410 e. The van der Waals surface area contributed by atoms with Gasteiger partial charge in [-0.3, -0.25) is 9.69 Å². The van der Waals surface area contributed by atoms with Crippen LogP contribution in [-0.2, 0) is 33.7 Å². The lowest BCUT2D eigenvalue weighted by Crippen LogP contribution is -2.38. The van der Waals surface area contributed by atoms with E-state index in [9.17, 15) is 9.59 Å². The Morgan fingerprint density at radius 3 is 2.55 bits per heavy atom. The zero-order valence-electron chi connectivity index (χ0n) is 20.1. The molecule has 0 saturated heterocycles. The second-order valence-corrected chi connectivity index (χ2v) is 10.0. The predicted molar refractivity (Wildman–Crippen MR) is 128 cm³/mol. The van der Waals surface area contributed by atoms with Crippen molar-refractivity contribution in [2.24, 2.45) is 0 Å². The highest BCUT2D eigenvalue weighted by atomic mass is 16.6. The van der Waals surface area contributed by atoms with E-state index in [2.05, 4.69) is 19.1 Å². The molecule has 6 heteroatoms. The van der Waals surface area contributed by atoms with Gasteiger partial charge in [-0.15, -0.1) is 0 Å². The van der Waals surface area contributed by atoms with Crippen molar-refractivity contribution in [3.8, 4) is 0 Å². The number of anilines is 1. The summed E-state index contributed by atoms with van der Waals surface area (Å²) in [5.41, 5.74) is 5.14. The van der Waals surface area contributed by atoms with Crippen LogP contribution in [-0.4, -0.2) is 42.3 Å². The number of amides is 2. The van der Waals surface area contributed by atoms with Gasteiger partial charge in [0.2, 0.25) is 5.91 Å². The van der Waals surface area contributed by atoms with Crippen LogP contribution in [0.15, 0.2) is 42.5 Å². The fourth-order valence-corrected chi connectivity index (χ4v) is 4.57. The highest BCUT2D eigenvalue weighted by Crippen LogP contribution is 2.35. The summed E-state index contributed by atoms with van der Waals surface area (Å²) >= 11 is 0. The zero-order valence-corrected chi connectivity index (χ0v) is 20.1. The molecular formula is C27H34N2O4. The van der Waals surface area contributed by atoms with Crippen molar-refractivity contribution >= 4 is 17.7 Å². The Hall–Kier alpha value is -2.86. The van der Waals surface area contributed by atoms with Crippen LogP contribution >= 0.6 is 0 Å². The van der Waals surface area contributed by atoms with Crippen LogP contribution < -0.4 is 4.90 Å². The molecule has 2 aromatic rings. The van der Waals surface area contributed by atoms with Crippen molar-refractivity contribution < 1.29 is 19.1 Å². The van der Waals surface area contributed by atoms with E-state index in [1.54, 1.807) is 9.80 Å². The van der Waals surface area contributed by atoms with E-state index >= 15 is 0 Å². The molecule has 0 spiro atoms. The molecule has 2 amide bonds. The Balaban J connectivity index is 1.51. The summed E-state index contributed by atoms with van der Waals surface area (Å²) in [6, 6.07) is 14.4. The fraction of sp³-hybridized carbons (Fsp3) is 0.481. The van der Waals surface area contributed by atoms with Gasteiger partial charge in [0.25, 0.3) is 0 Å². The highest BCUT2D eigenvalue weighted by Gasteiger charge is 2.30. The smallest absolute Gasteiger partial charge is 0.410 e. The van der Waals surface area contributed by atoms with Gasteiger partial charge >= 0.3 is 6.09 Å². The molecule has 33 heavy (non-hydrogen) atoms. The number of hydrogen-bond acceptors (Lipinski definition) is 4. The quantitative estimate of drug-likeness (QED) is 0.655. The fourth-order valence-electron chi connectivity index (χ4n) is 4.57. The van der Waals surface area contributed by atoms with Gasteiger partial charge < -0.3 is 14.4 Å². The molecule has 0 aliphatic carbocycles. The normalized spacial score (nSPS) is 18.4. The van der Waals surface area contributed by atoms with Gasteiger partial charge in [-0.1, -0.05) is 43.3 Å². The first-order chi connectivity index (χ1) is 15.7. The first-order valence-electron chi connectivity index (χ1n) is 11.8. The predicted octanol–water partition coefficient (Wildman–Crippen LogP) is 5.04. The molecule has 0 bridgehead atoms. The number of nitrogens with zero attached hydrogens (tertiary/aromatic N) is 2. The first kappa shape index (κ1) is 23.3. The monoisotopic (exact) mass is 450 g/mol. The molecule has 0 fully saturated rings. The van der Waals surface area contributed by atoms with Gasteiger partial charge in [0.05, 0.1) is 6.61 Å². The minimum atomic E-state index is -0.515. The van der Waals surface area contributed by atoms with Crippen molar-refractivity contribution in [1.82, 2.24) is 4.90 Å². The minimum Gasteiger partial charge on any atom is -0.444 e. The zero-order chi connectivity index (χ0) is 23.6. The second kappa shape index (κ2) is 9.56. The molecule has 4 rings (SSSR count). The molecular weight excluding hydrogens is 416 g/mol. The second-order valence-electron chi connectivity index (χ2n) is 10.0. The Bertz CT molecular complexity index is 1010. The lowest BCUT2D eigenvalue weighted by Gasteiger charge is -2.31. The van der Waals surface area contributed by atoms with Gasteiger partial charge in [0, 0.05) is 25.2 Å². The number of carbonyl (C=O) groups excluding carboxylic acids is 2. The summed E-state index contributed by atoms with van der Waals surface area (Å²) in [4.78, 5) is 29.0. The largest absolute Gasteiger partial charge is 0.444 e. The van der Waals surface area contributed by atoms with Crippen molar-refractivity contribution in [2.45, 2.75) is 65.1 Å². The van der Waals surface area contributed by atoms with E-state index in [0.717, 1.165) is 24.1 Å². The van der Waals surface area contributed by atoms with E-state index in [1.165, 1.54) is 16.7 Å². The summed E-state index contributed by atoms with van der Waals surface area (Å²) in [7, 11) is 0. The van der Waals surface area contributed by atoms with Crippen LogP contribution in [0.3, 0.4) is 0 Å². The first-order valence-corrected chi connectivity index (χ1v) is 11.8. The van der Waals surface area contributed by atoms with Crippen molar-refractivity contribution in [3.63, 3.8) is 0 Å². The molecule has 176 valence electrons. The number of rotatable bonds is 4. The number of aryl methyl sites for hydroxylation is 1. The highest BCUT2D eigenvalue weighted by molar-refractivity contribution is 5.96. The minimum absolute atomic E-state index is 0.0903. The van der Waals surface area contributed by atoms with E-state index in [0.29, 0.717) is 26.1 Å². The molecule has 1 atom stereocenters. The third-order valence-electron chi connectivity index (χ3n) is 6.20. The molecule has 0 aromatic heterocycles. The van der Waals surface area contributed by atoms with Gasteiger partial charge in [-0.25, -0.2) is 4.79 Å². The topological polar surface area (TPSA) is 59.1 Å². The Kier molecular flexibility index (Phi) is 6.75. The number of ether oxygens (including phenoxy) is 2. The van der Waals surface area contributed by atoms with Gasteiger partial charge in [-0.2, -0.15) is 0 Å². The molecule has 2 heterocycles. The van der Waals surface area contributed by atoms with Gasteiger partial charge in [0.15, 0.2) is 0 Å². The average molecular weight is 451 g/mol. The van der Waals surface area contributed by atoms with Crippen LogP contribution in [0.25, 0.3) is 0 Å². The van der Waals surface area contributed by atoms with Crippen molar-refractivity contribution in [1.29, 1.82) is 0 Å². The molecule has 0 N–H and O–H groups in total. The molecule has 1 unspecified atom stereocenters. The summed E-state index contributed by atoms with van der Waals surface area (Å²) in [6.07, 6.45) is 1.69. The molecule has 0 saturated carbocycles. The van der Waals surface area contributed by atoms with Crippen LogP contribution in [0.1, 0.15) is 62.3 Å². The van der Waals surface area contributed by atoms with Crippen LogP contribution in [0.5, 0.6) is 0 Å². The molecule has 0 radical (unpaired) electrons. The third-order valence-corrected chi connectivity index (χ3v) is 6.20. The molecule has 2 aromatic carbocycles. The maximum atomic E-state index is 12.8. The SMILES string of the molecule is CC1CN(C(=O)OC(C)(C)C)CCc2cc3c(cc21)CCC(=O)N3COCc1ccccc1. The van der Waals surface area contributed by atoms with E-state index in [1.807, 2.05) is 51.1 Å². The standard InChI is InChI=1S/C27H34N2O4/c1-19-16-28(26(31)33-27(2,3)4)13-12-21-15-24-22(14-23(19)21)10-11-25(30)29(24)18-32-17-20-8-6-5-7-9-20/h5-9,14-15,19H,10-13,16-18H2,1-4H3. The van der Waals surface area contributed by atoms with E-state index in [4.69, 9.17) is 9.47 Å². The van der Waals surface area contributed by atoms with E-state index in [-0.39, 0.29) is 24.6 Å². The summed E-state index contributed by atoms with van der Waals surface area (Å²) < 4.78 is 11.5. The van der Waals surface area contributed by atoms with Crippen LogP contribution in [0.2, 0.25) is 0 Å². The number of fused-ring (bicyclic) bond motifs is 2. The van der Waals surface area contributed by atoms with Gasteiger partial charge in [0.1, 0.15) is 12.3 Å². The number of hydrogen-bond donors (Lipinski definition) is 0. The number of carbonyl (C=O) groups is 2. The average Bonchev–Trinajstić information content (AvgIpc) is 2.92. The number of benzene rings is 2. The van der Waals surface area contributed by atoms with E-state index < -0.39 is 5.60 Å². The van der Waals surface area contributed by atoms with Crippen molar-refractivity contribution in [2.75, 3.05) is 24.7 Å². The molecule has 2 aliphatic heterocycles. The lowest BCUT2D eigenvalue weighted by atomic mass is 9.89. The molecule has 2 aliphatic rings. The molecule has 6 nitrogen and oxygen atoms in total. The Morgan fingerprint density at radius 2 is 1.82 bits per heavy atom. The third kappa shape index (κ3) is 5.56. The Morgan fingerprint density at radius 1 is 1.06 bits per heavy atom. The lowest BCUT2D eigenvalue weighted by molar-refractivity contribution is -0.120. The van der Waals surface area contributed by atoms with Gasteiger partial charge in [-0.05, 0) is 67.9 Å². The summed E-state index contributed by atoms with van der Waals surface area (Å²) in [6.45, 7) is 9.75. The van der Waals surface area contributed by atoms with Crippen LogP contribution in [0.4, 0.5) is 10.5 Å². The summed E-state index contributed by atoms with van der Waals surface area (Å²) in [5, 5.41) is 0. The Labute approximate surface area is 196 Å². The van der Waals surface area contributed by atoms with Crippen molar-refractivity contribution in [3.05, 3.63) is 64.7 Å². The van der Waals surface area contributed by atoms with Crippen LogP contribution in [0, 0.1) is 0 Å². The maximum absolute atomic E-state index is 12.8.